The van der Waals surface area contributed by atoms with E-state index in [1.807, 2.05) is 26.2 Å². The molecule has 118 valence electrons. The molecule has 21 heavy (non-hydrogen) atoms. The van der Waals surface area contributed by atoms with Crippen LogP contribution in [-0.4, -0.2) is 30.6 Å². The first-order valence-electron chi connectivity index (χ1n) is 7.87. The summed E-state index contributed by atoms with van der Waals surface area (Å²) in [6.07, 6.45) is 3.80. The number of carbonyl (C=O) groups is 1. The number of hydrogen-bond donors (Lipinski definition) is 0. The molecule has 0 N–H and O–H groups in total. The van der Waals surface area contributed by atoms with E-state index in [1.54, 1.807) is 11.3 Å². The van der Waals surface area contributed by atoms with Gasteiger partial charge in [0.15, 0.2) is 5.13 Å². The minimum Gasteiger partial charge on any atom is -0.465 e. The summed E-state index contributed by atoms with van der Waals surface area (Å²) in [5.41, 5.74) is 0.146. The Bertz CT molecular complexity index is 484. The summed E-state index contributed by atoms with van der Waals surface area (Å²) in [7, 11) is 0. The molecule has 0 aliphatic carbocycles. The second-order valence-electron chi connectivity index (χ2n) is 6.25. The zero-order valence-corrected chi connectivity index (χ0v) is 14.3. The van der Waals surface area contributed by atoms with Gasteiger partial charge in [0.2, 0.25) is 0 Å². The quantitative estimate of drug-likeness (QED) is 0.753. The molecular formula is C16H26N2O2S. The van der Waals surface area contributed by atoms with Gasteiger partial charge < -0.3 is 9.64 Å². The second-order valence-corrected chi connectivity index (χ2v) is 7.09. The first kappa shape index (κ1) is 16.3. The van der Waals surface area contributed by atoms with Gasteiger partial charge in [0.05, 0.1) is 12.3 Å². The summed E-state index contributed by atoms with van der Waals surface area (Å²) in [5.74, 6) is 0.590. The fraction of sp³-hybridized carbons (Fsp3) is 0.750. The molecule has 5 heteroatoms. The highest BCUT2D eigenvalue weighted by atomic mass is 32.1. The van der Waals surface area contributed by atoms with E-state index in [0.717, 1.165) is 29.8 Å². The maximum atomic E-state index is 12.1. The van der Waals surface area contributed by atoms with Crippen LogP contribution in [0.15, 0.2) is 5.38 Å². The average Bonchev–Trinajstić information content (AvgIpc) is 3.07. The number of hydrogen-bond acceptors (Lipinski definition) is 5. The maximum absolute atomic E-state index is 12.1. The number of carbonyl (C=O) groups excluding carboxylic acids is 1. The first-order chi connectivity index (χ1) is 9.98. The molecule has 2 heterocycles. The van der Waals surface area contributed by atoms with Crippen molar-refractivity contribution < 1.29 is 9.53 Å². The highest BCUT2D eigenvalue weighted by molar-refractivity contribution is 7.13. The molecule has 1 unspecified atom stereocenters. The monoisotopic (exact) mass is 310 g/mol. The van der Waals surface area contributed by atoms with Gasteiger partial charge in [-0.3, -0.25) is 4.79 Å². The van der Waals surface area contributed by atoms with Crippen molar-refractivity contribution in [2.24, 2.45) is 5.92 Å². The van der Waals surface area contributed by atoms with Gasteiger partial charge in [0.25, 0.3) is 0 Å². The number of nitrogens with zero attached hydrogens (tertiary/aromatic N) is 2. The molecule has 0 spiro atoms. The van der Waals surface area contributed by atoms with Crippen molar-refractivity contribution in [2.75, 3.05) is 24.6 Å². The van der Waals surface area contributed by atoms with Crippen LogP contribution in [-0.2, 0) is 14.9 Å². The van der Waals surface area contributed by atoms with Gasteiger partial charge in [-0.05, 0) is 39.5 Å². The average molecular weight is 310 g/mol. The lowest BCUT2D eigenvalue weighted by Crippen LogP contribution is -2.31. The maximum Gasteiger partial charge on any atom is 0.317 e. The van der Waals surface area contributed by atoms with Crippen molar-refractivity contribution in [3.8, 4) is 0 Å². The molecule has 1 aromatic rings. The molecule has 0 aromatic carbocycles. The van der Waals surface area contributed by atoms with Crippen molar-refractivity contribution in [3.05, 3.63) is 11.1 Å². The van der Waals surface area contributed by atoms with Crippen molar-refractivity contribution in [2.45, 2.75) is 52.4 Å². The molecule has 2 rings (SSSR count). The van der Waals surface area contributed by atoms with Gasteiger partial charge in [0, 0.05) is 18.5 Å². The third-order valence-corrected chi connectivity index (χ3v) is 5.07. The van der Waals surface area contributed by atoms with E-state index < -0.39 is 5.41 Å². The largest absolute Gasteiger partial charge is 0.465 e. The molecule has 1 saturated heterocycles. The fourth-order valence-corrected chi connectivity index (χ4v) is 3.79. The molecule has 0 amide bonds. The van der Waals surface area contributed by atoms with Crippen molar-refractivity contribution in [3.63, 3.8) is 0 Å². The predicted octanol–water partition coefficient (Wildman–Crippen LogP) is 3.61. The van der Waals surface area contributed by atoms with E-state index in [2.05, 4.69) is 11.8 Å². The Hall–Kier alpha value is -1.10. The third-order valence-electron chi connectivity index (χ3n) is 4.17. The molecular weight excluding hydrogens is 284 g/mol. The van der Waals surface area contributed by atoms with Crippen LogP contribution < -0.4 is 4.90 Å². The number of anilines is 1. The standard InChI is InChI=1S/C16H26N2O2S/c1-5-7-12-8-9-18(10-12)15-17-13(11-21-15)16(3,4)14(19)20-6-2/h11-12H,5-10H2,1-4H3. The lowest BCUT2D eigenvalue weighted by atomic mass is 9.90. The second kappa shape index (κ2) is 6.77. The van der Waals surface area contributed by atoms with Crippen molar-refractivity contribution in [1.29, 1.82) is 0 Å². The summed E-state index contributed by atoms with van der Waals surface area (Å²) in [4.78, 5) is 19.1. The Morgan fingerprint density at radius 1 is 1.52 bits per heavy atom. The Kier molecular flexibility index (Phi) is 5.25. The van der Waals surface area contributed by atoms with Crippen LogP contribution in [0.2, 0.25) is 0 Å². The molecule has 0 saturated carbocycles. The van der Waals surface area contributed by atoms with E-state index in [4.69, 9.17) is 9.72 Å². The number of esters is 1. The lowest BCUT2D eigenvalue weighted by Gasteiger charge is -2.20. The van der Waals surface area contributed by atoms with Crippen LogP contribution in [0.4, 0.5) is 5.13 Å². The van der Waals surface area contributed by atoms with E-state index in [-0.39, 0.29) is 5.97 Å². The number of aromatic nitrogens is 1. The molecule has 0 bridgehead atoms. The number of ether oxygens (including phenoxy) is 1. The Balaban J connectivity index is 2.06. The van der Waals surface area contributed by atoms with Gasteiger partial charge in [-0.2, -0.15) is 0 Å². The van der Waals surface area contributed by atoms with Crippen molar-refractivity contribution >= 4 is 22.4 Å². The predicted molar refractivity (Wildman–Crippen MR) is 87.0 cm³/mol. The van der Waals surface area contributed by atoms with E-state index in [0.29, 0.717) is 6.61 Å². The summed E-state index contributed by atoms with van der Waals surface area (Å²) in [5, 5.41) is 3.04. The molecule has 1 aliphatic heterocycles. The summed E-state index contributed by atoms with van der Waals surface area (Å²) in [6, 6.07) is 0. The highest BCUT2D eigenvalue weighted by Crippen LogP contribution is 2.33. The molecule has 1 aliphatic rings. The van der Waals surface area contributed by atoms with Gasteiger partial charge in [-0.1, -0.05) is 13.3 Å². The van der Waals surface area contributed by atoms with Crippen LogP contribution in [0, 0.1) is 5.92 Å². The smallest absolute Gasteiger partial charge is 0.317 e. The Morgan fingerprint density at radius 3 is 2.95 bits per heavy atom. The summed E-state index contributed by atoms with van der Waals surface area (Å²) in [6.45, 7) is 10.4. The summed E-state index contributed by atoms with van der Waals surface area (Å²) >= 11 is 1.64. The van der Waals surface area contributed by atoms with Crippen LogP contribution in [0.1, 0.15) is 52.7 Å². The fourth-order valence-electron chi connectivity index (χ4n) is 2.76. The van der Waals surface area contributed by atoms with Crippen LogP contribution >= 0.6 is 11.3 Å². The van der Waals surface area contributed by atoms with E-state index in [1.165, 1.54) is 19.3 Å². The SMILES string of the molecule is CCCC1CCN(c2nc(C(C)(C)C(=O)OCC)cs2)C1. The molecule has 1 atom stereocenters. The zero-order valence-electron chi connectivity index (χ0n) is 13.5. The van der Waals surface area contributed by atoms with Gasteiger partial charge in [-0.25, -0.2) is 4.98 Å². The van der Waals surface area contributed by atoms with Gasteiger partial charge >= 0.3 is 5.97 Å². The van der Waals surface area contributed by atoms with E-state index >= 15 is 0 Å². The van der Waals surface area contributed by atoms with Crippen LogP contribution in [0.25, 0.3) is 0 Å². The van der Waals surface area contributed by atoms with Crippen LogP contribution in [0.3, 0.4) is 0 Å². The lowest BCUT2D eigenvalue weighted by molar-refractivity contribution is -0.148. The number of rotatable bonds is 6. The molecule has 4 nitrogen and oxygen atoms in total. The van der Waals surface area contributed by atoms with Crippen molar-refractivity contribution in [1.82, 2.24) is 4.98 Å². The Labute approximate surface area is 131 Å². The topological polar surface area (TPSA) is 42.4 Å². The minimum absolute atomic E-state index is 0.202. The minimum atomic E-state index is -0.673. The highest BCUT2D eigenvalue weighted by Gasteiger charge is 2.35. The summed E-state index contributed by atoms with van der Waals surface area (Å²) < 4.78 is 5.16. The van der Waals surface area contributed by atoms with E-state index in [9.17, 15) is 4.79 Å². The molecule has 1 aromatic heterocycles. The van der Waals surface area contributed by atoms with Gasteiger partial charge in [0.1, 0.15) is 5.41 Å². The third kappa shape index (κ3) is 3.57. The molecule has 0 radical (unpaired) electrons. The first-order valence-corrected chi connectivity index (χ1v) is 8.75. The Morgan fingerprint density at radius 2 is 2.29 bits per heavy atom. The van der Waals surface area contributed by atoms with Crippen LogP contribution in [0.5, 0.6) is 0 Å². The zero-order chi connectivity index (χ0) is 15.5. The molecule has 1 fully saturated rings. The normalized spacial score (nSPS) is 19.0. The van der Waals surface area contributed by atoms with Gasteiger partial charge in [-0.15, -0.1) is 11.3 Å². The number of thiazole rings is 1.